The number of non-ortho nitro benzene ring substituents is 1. The van der Waals surface area contributed by atoms with Crippen LogP contribution in [0.4, 0.5) is 11.4 Å². The fourth-order valence-corrected chi connectivity index (χ4v) is 1.86. The number of benzene rings is 1. The summed E-state index contributed by atoms with van der Waals surface area (Å²) in [6.07, 6.45) is -0.814. The summed E-state index contributed by atoms with van der Waals surface area (Å²) in [5.41, 5.74) is -0.143. The van der Waals surface area contributed by atoms with Crippen molar-refractivity contribution in [3.8, 4) is 5.75 Å². The van der Waals surface area contributed by atoms with E-state index in [1.54, 1.807) is 0 Å². The summed E-state index contributed by atoms with van der Waals surface area (Å²) in [5.74, 6) is -0.879. The molecule has 24 heavy (non-hydrogen) atoms. The van der Waals surface area contributed by atoms with Gasteiger partial charge in [-0.25, -0.2) is 0 Å². The Morgan fingerprint density at radius 1 is 1.33 bits per heavy atom. The van der Waals surface area contributed by atoms with Gasteiger partial charge in [0.15, 0.2) is 6.10 Å². The summed E-state index contributed by atoms with van der Waals surface area (Å²) in [7, 11) is 1.33. The minimum absolute atomic E-state index is 0.144. The molecule has 1 amide bonds. The van der Waals surface area contributed by atoms with Crippen LogP contribution in [0.3, 0.4) is 0 Å². The Bertz CT molecular complexity index is 636. The zero-order chi connectivity index (χ0) is 18.5. The number of carbonyl (C=O) groups is 2. The lowest BCUT2D eigenvalue weighted by Gasteiger charge is -2.19. The SMILES string of the molecule is COc1cc([N+](=O)[O-])ccc1NC(=O)[C@H](C)OC(=O)CC(C)(C)C. The second kappa shape index (κ2) is 7.76. The molecular formula is C16H22N2O6. The van der Waals surface area contributed by atoms with Crippen LogP contribution < -0.4 is 10.1 Å². The van der Waals surface area contributed by atoms with Crippen LogP contribution in [0, 0.1) is 15.5 Å². The summed E-state index contributed by atoms with van der Waals surface area (Å²) in [4.78, 5) is 34.1. The Labute approximate surface area is 140 Å². The van der Waals surface area contributed by atoms with Gasteiger partial charge in [-0.15, -0.1) is 0 Å². The van der Waals surface area contributed by atoms with Crippen molar-refractivity contribution in [1.29, 1.82) is 0 Å². The number of nitrogens with zero attached hydrogens (tertiary/aromatic N) is 1. The van der Waals surface area contributed by atoms with Crippen LogP contribution in [0.1, 0.15) is 34.1 Å². The average molecular weight is 338 g/mol. The summed E-state index contributed by atoms with van der Waals surface area (Å²) >= 11 is 0. The topological polar surface area (TPSA) is 108 Å². The number of methoxy groups -OCH3 is 1. The molecule has 1 N–H and O–H groups in total. The first-order valence-electron chi connectivity index (χ1n) is 7.36. The van der Waals surface area contributed by atoms with Gasteiger partial charge in [0.05, 0.1) is 30.2 Å². The summed E-state index contributed by atoms with van der Waals surface area (Å²) in [6, 6.07) is 3.80. The lowest BCUT2D eigenvalue weighted by molar-refractivity contribution is -0.384. The molecule has 0 bridgehead atoms. The van der Waals surface area contributed by atoms with E-state index in [4.69, 9.17) is 9.47 Å². The van der Waals surface area contributed by atoms with Gasteiger partial charge in [0.25, 0.3) is 11.6 Å². The predicted molar refractivity (Wildman–Crippen MR) is 87.9 cm³/mol. The van der Waals surface area contributed by atoms with E-state index in [1.807, 2.05) is 20.8 Å². The quantitative estimate of drug-likeness (QED) is 0.485. The first-order valence-corrected chi connectivity index (χ1v) is 7.36. The van der Waals surface area contributed by atoms with Gasteiger partial charge in [-0.3, -0.25) is 19.7 Å². The fraction of sp³-hybridized carbons (Fsp3) is 0.500. The monoisotopic (exact) mass is 338 g/mol. The summed E-state index contributed by atoms with van der Waals surface area (Å²) in [5, 5.41) is 13.3. The highest BCUT2D eigenvalue weighted by atomic mass is 16.6. The zero-order valence-electron chi connectivity index (χ0n) is 14.4. The minimum atomic E-state index is -1.00. The van der Waals surface area contributed by atoms with E-state index in [9.17, 15) is 19.7 Å². The lowest BCUT2D eigenvalue weighted by atomic mass is 9.92. The van der Waals surface area contributed by atoms with E-state index in [0.717, 1.165) is 0 Å². The van der Waals surface area contributed by atoms with Gasteiger partial charge in [0.2, 0.25) is 0 Å². The molecule has 8 heteroatoms. The molecule has 8 nitrogen and oxygen atoms in total. The van der Waals surface area contributed by atoms with Crippen molar-refractivity contribution >= 4 is 23.3 Å². The number of rotatable bonds is 6. The maximum Gasteiger partial charge on any atom is 0.307 e. The molecule has 0 unspecified atom stereocenters. The molecular weight excluding hydrogens is 316 g/mol. The molecule has 0 radical (unpaired) electrons. The number of amides is 1. The van der Waals surface area contributed by atoms with Crippen LogP contribution in [0.15, 0.2) is 18.2 Å². The van der Waals surface area contributed by atoms with E-state index in [-0.39, 0.29) is 29.0 Å². The molecule has 0 aromatic heterocycles. The van der Waals surface area contributed by atoms with Gasteiger partial charge < -0.3 is 14.8 Å². The number of esters is 1. The first kappa shape index (κ1) is 19.4. The Kier molecular flexibility index (Phi) is 6.27. The number of carbonyl (C=O) groups excluding carboxylic acids is 2. The van der Waals surface area contributed by atoms with Gasteiger partial charge in [-0.1, -0.05) is 20.8 Å². The molecule has 1 rings (SSSR count). The van der Waals surface area contributed by atoms with Gasteiger partial charge in [-0.05, 0) is 18.4 Å². The molecule has 0 aliphatic heterocycles. The maximum absolute atomic E-state index is 12.1. The summed E-state index contributed by atoms with van der Waals surface area (Å²) < 4.78 is 10.1. The fourth-order valence-electron chi connectivity index (χ4n) is 1.86. The van der Waals surface area contributed by atoms with Crippen LogP contribution in [0.5, 0.6) is 5.75 Å². The number of hydrogen-bond donors (Lipinski definition) is 1. The highest BCUT2D eigenvalue weighted by Crippen LogP contribution is 2.29. The zero-order valence-corrected chi connectivity index (χ0v) is 14.4. The van der Waals surface area contributed by atoms with Gasteiger partial charge >= 0.3 is 5.97 Å². The van der Waals surface area contributed by atoms with Crippen LogP contribution in [-0.4, -0.2) is 30.0 Å². The molecule has 0 spiro atoms. The molecule has 0 aliphatic carbocycles. The molecule has 1 aromatic rings. The third kappa shape index (κ3) is 5.86. The number of nitrogens with one attached hydrogen (secondary N) is 1. The van der Waals surface area contributed by atoms with E-state index < -0.39 is 22.9 Å². The molecule has 0 aliphatic rings. The minimum Gasteiger partial charge on any atom is -0.494 e. The summed E-state index contributed by atoms with van der Waals surface area (Å²) in [6.45, 7) is 7.12. The number of nitro groups is 1. The second-order valence-electron chi connectivity index (χ2n) is 6.50. The van der Waals surface area contributed by atoms with Crippen molar-refractivity contribution in [1.82, 2.24) is 0 Å². The Morgan fingerprint density at radius 3 is 2.46 bits per heavy atom. The smallest absolute Gasteiger partial charge is 0.307 e. The molecule has 132 valence electrons. The lowest BCUT2D eigenvalue weighted by Crippen LogP contribution is -2.31. The van der Waals surface area contributed by atoms with Crippen molar-refractivity contribution < 1.29 is 24.0 Å². The second-order valence-corrected chi connectivity index (χ2v) is 6.50. The van der Waals surface area contributed by atoms with Crippen molar-refractivity contribution in [2.24, 2.45) is 5.41 Å². The van der Waals surface area contributed by atoms with Gasteiger partial charge in [0, 0.05) is 6.07 Å². The third-order valence-corrected chi connectivity index (χ3v) is 3.01. The standard InChI is InChI=1S/C16H22N2O6/c1-10(24-14(19)9-16(2,3)4)15(20)17-12-7-6-11(18(21)22)8-13(12)23-5/h6-8,10H,9H2,1-5H3,(H,17,20)/t10-/m0/s1. The van der Waals surface area contributed by atoms with Crippen molar-refractivity contribution in [2.75, 3.05) is 12.4 Å². The van der Waals surface area contributed by atoms with Crippen molar-refractivity contribution in [3.05, 3.63) is 28.3 Å². The average Bonchev–Trinajstić information content (AvgIpc) is 2.45. The highest BCUT2D eigenvalue weighted by molar-refractivity contribution is 5.96. The number of ether oxygens (including phenoxy) is 2. The molecule has 0 fully saturated rings. The van der Waals surface area contributed by atoms with E-state index >= 15 is 0 Å². The van der Waals surface area contributed by atoms with E-state index in [1.165, 1.54) is 32.2 Å². The normalized spacial score (nSPS) is 12.2. The Hall–Kier alpha value is -2.64. The number of anilines is 1. The largest absolute Gasteiger partial charge is 0.494 e. The van der Waals surface area contributed by atoms with Gasteiger partial charge in [0.1, 0.15) is 5.75 Å². The molecule has 0 heterocycles. The molecule has 1 atom stereocenters. The van der Waals surface area contributed by atoms with Crippen LogP contribution in [-0.2, 0) is 14.3 Å². The van der Waals surface area contributed by atoms with Crippen LogP contribution in [0.2, 0.25) is 0 Å². The van der Waals surface area contributed by atoms with Gasteiger partial charge in [-0.2, -0.15) is 0 Å². The highest BCUT2D eigenvalue weighted by Gasteiger charge is 2.23. The molecule has 1 aromatic carbocycles. The van der Waals surface area contributed by atoms with Crippen LogP contribution >= 0.6 is 0 Å². The number of nitro benzene ring substituents is 1. The van der Waals surface area contributed by atoms with E-state index in [2.05, 4.69) is 5.32 Å². The van der Waals surface area contributed by atoms with Crippen molar-refractivity contribution in [2.45, 2.75) is 40.2 Å². The first-order chi connectivity index (χ1) is 11.0. The Morgan fingerprint density at radius 2 is 1.96 bits per heavy atom. The van der Waals surface area contributed by atoms with Crippen molar-refractivity contribution in [3.63, 3.8) is 0 Å². The maximum atomic E-state index is 12.1. The third-order valence-electron chi connectivity index (χ3n) is 3.01. The predicted octanol–water partition coefficient (Wildman–Crippen LogP) is 2.91. The Balaban J connectivity index is 2.76. The van der Waals surface area contributed by atoms with Crippen LogP contribution in [0.25, 0.3) is 0 Å². The molecule has 0 saturated heterocycles. The number of hydrogen-bond acceptors (Lipinski definition) is 6. The van der Waals surface area contributed by atoms with E-state index in [0.29, 0.717) is 0 Å². The molecule has 0 saturated carbocycles.